The van der Waals surface area contributed by atoms with E-state index in [-0.39, 0.29) is 16.8 Å². The molecule has 1 aromatic carbocycles. The van der Waals surface area contributed by atoms with Gasteiger partial charge in [0.15, 0.2) is 0 Å². The van der Waals surface area contributed by atoms with Gasteiger partial charge in [0.2, 0.25) is 15.9 Å². The van der Waals surface area contributed by atoms with Crippen molar-refractivity contribution in [3.05, 3.63) is 24.3 Å². The van der Waals surface area contributed by atoms with Crippen molar-refractivity contribution in [3.63, 3.8) is 0 Å². The van der Waals surface area contributed by atoms with E-state index in [4.69, 9.17) is 0 Å². The van der Waals surface area contributed by atoms with E-state index < -0.39 is 15.7 Å². The molecule has 7 nitrogen and oxygen atoms in total. The molecule has 1 amide bonds. The average Bonchev–Trinajstić information content (AvgIpc) is 2.48. The SMILES string of the molecule is CC(C)NC(=O)CN1CCC2(CC1)Nc1ccccc1S(=O)(=O)N2. The molecular formula is C16H24N4O3S. The summed E-state index contributed by atoms with van der Waals surface area (Å²) in [6, 6.07) is 7.05. The number of carbonyl (C=O) groups excluding carboxylic acids is 1. The molecule has 1 saturated heterocycles. The van der Waals surface area contributed by atoms with Crippen LogP contribution in [-0.2, 0) is 14.8 Å². The summed E-state index contributed by atoms with van der Waals surface area (Å²) in [4.78, 5) is 14.2. The number of rotatable bonds is 3. The molecule has 0 aromatic heterocycles. The number of anilines is 1. The number of carbonyl (C=O) groups is 1. The molecule has 0 aliphatic carbocycles. The van der Waals surface area contributed by atoms with E-state index in [0.717, 1.165) is 0 Å². The van der Waals surface area contributed by atoms with Crippen molar-refractivity contribution < 1.29 is 13.2 Å². The van der Waals surface area contributed by atoms with E-state index in [0.29, 0.717) is 38.2 Å². The third-order valence-electron chi connectivity index (χ3n) is 4.41. The monoisotopic (exact) mass is 352 g/mol. The van der Waals surface area contributed by atoms with Crippen LogP contribution in [0, 0.1) is 0 Å². The van der Waals surface area contributed by atoms with Crippen LogP contribution < -0.4 is 15.4 Å². The van der Waals surface area contributed by atoms with Crippen molar-refractivity contribution in [3.8, 4) is 0 Å². The molecule has 1 fully saturated rings. The summed E-state index contributed by atoms with van der Waals surface area (Å²) in [5.74, 6) is 0.00322. The molecule has 132 valence electrons. The van der Waals surface area contributed by atoms with Crippen molar-refractivity contribution >= 4 is 21.6 Å². The van der Waals surface area contributed by atoms with Gasteiger partial charge < -0.3 is 10.6 Å². The molecule has 24 heavy (non-hydrogen) atoms. The van der Waals surface area contributed by atoms with Crippen LogP contribution in [0.5, 0.6) is 0 Å². The first kappa shape index (κ1) is 17.2. The number of piperidine rings is 1. The lowest BCUT2D eigenvalue weighted by molar-refractivity contribution is -0.123. The smallest absolute Gasteiger partial charge is 0.244 e. The maximum atomic E-state index is 12.5. The summed E-state index contributed by atoms with van der Waals surface area (Å²) >= 11 is 0. The Labute approximate surface area is 142 Å². The van der Waals surface area contributed by atoms with Crippen LogP contribution in [0.2, 0.25) is 0 Å². The topological polar surface area (TPSA) is 90.5 Å². The second kappa shape index (κ2) is 6.34. The maximum Gasteiger partial charge on any atom is 0.244 e. The third-order valence-corrected chi connectivity index (χ3v) is 6.00. The Morgan fingerprint density at radius 3 is 2.62 bits per heavy atom. The van der Waals surface area contributed by atoms with Gasteiger partial charge in [-0.25, -0.2) is 8.42 Å². The van der Waals surface area contributed by atoms with Crippen molar-refractivity contribution in [1.82, 2.24) is 14.9 Å². The molecule has 0 radical (unpaired) electrons. The number of benzene rings is 1. The van der Waals surface area contributed by atoms with E-state index in [2.05, 4.69) is 20.3 Å². The predicted molar refractivity (Wildman–Crippen MR) is 92.1 cm³/mol. The van der Waals surface area contributed by atoms with Gasteiger partial charge in [0.05, 0.1) is 12.2 Å². The predicted octanol–water partition coefficient (Wildman–Crippen LogP) is 0.707. The fourth-order valence-electron chi connectivity index (χ4n) is 3.29. The highest BCUT2D eigenvalue weighted by Crippen LogP contribution is 2.34. The highest BCUT2D eigenvalue weighted by atomic mass is 32.2. The minimum atomic E-state index is -3.52. The fraction of sp³-hybridized carbons (Fsp3) is 0.562. The summed E-state index contributed by atoms with van der Waals surface area (Å²) in [6.45, 7) is 5.52. The van der Waals surface area contributed by atoms with Crippen LogP contribution >= 0.6 is 0 Å². The van der Waals surface area contributed by atoms with E-state index in [1.54, 1.807) is 18.2 Å². The number of nitrogens with one attached hydrogen (secondary N) is 3. The number of hydrogen-bond donors (Lipinski definition) is 3. The van der Waals surface area contributed by atoms with Crippen molar-refractivity contribution in [1.29, 1.82) is 0 Å². The summed E-state index contributed by atoms with van der Waals surface area (Å²) < 4.78 is 27.8. The van der Waals surface area contributed by atoms with Gasteiger partial charge in [-0.1, -0.05) is 12.1 Å². The van der Waals surface area contributed by atoms with E-state index in [9.17, 15) is 13.2 Å². The first-order valence-electron chi connectivity index (χ1n) is 8.23. The summed E-state index contributed by atoms with van der Waals surface area (Å²) in [5.41, 5.74) is -0.0275. The quantitative estimate of drug-likeness (QED) is 0.745. The Hall–Kier alpha value is -1.64. The Kier molecular flexibility index (Phi) is 4.54. The second-order valence-electron chi connectivity index (χ2n) is 6.81. The zero-order valence-electron chi connectivity index (χ0n) is 14.0. The van der Waals surface area contributed by atoms with Crippen molar-refractivity contribution in [2.24, 2.45) is 0 Å². The van der Waals surface area contributed by atoms with Gasteiger partial charge in [-0.2, -0.15) is 4.72 Å². The van der Waals surface area contributed by atoms with Gasteiger partial charge in [-0.15, -0.1) is 0 Å². The fourth-order valence-corrected chi connectivity index (χ4v) is 4.84. The maximum absolute atomic E-state index is 12.5. The van der Waals surface area contributed by atoms with E-state index >= 15 is 0 Å². The molecule has 0 saturated carbocycles. The molecule has 3 rings (SSSR count). The van der Waals surface area contributed by atoms with Crippen LogP contribution in [0.1, 0.15) is 26.7 Å². The number of sulfonamides is 1. The number of amides is 1. The first-order valence-corrected chi connectivity index (χ1v) is 9.71. The van der Waals surface area contributed by atoms with E-state index in [1.807, 2.05) is 19.9 Å². The highest BCUT2D eigenvalue weighted by Gasteiger charge is 2.43. The standard InChI is InChI=1S/C16H24N4O3S/c1-12(2)17-15(21)11-20-9-7-16(8-10-20)18-13-5-3-4-6-14(13)24(22,23)19-16/h3-6,12,18-19H,7-11H2,1-2H3,(H,17,21). The minimum Gasteiger partial charge on any atom is -0.365 e. The Bertz CT molecular complexity index is 725. The molecule has 0 unspecified atom stereocenters. The van der Waals surface area contributed by atoms with Crippen molar-refractivity contribution in [2.45, 2.75) is 43.3 Å². The molecule has 0 bridgehead atoms. The Morgan fingerprint density at radius 2 is 1.96 bits per heavy atom. The van der Waals surface area contributed by atoms with Crippen molar-refractivity contribution in [2.75, 3.05) is 25.0 Å². The van der Waals surface area contributed by atoms with Crippen LogP contribution in [-0.4, -0.2) is 50.6 Å². The summed E-state index contributed by atoms with van der Waals surface area (Å²) in [5, 5.41) is 6.24. The largest absolute Gasteiger partial charge is 0.365 e. The van der Waals surface area contributed by atoms with E-state index in [1.165, 1.54) is 0 Å². The molecular weight excluding hydrogens is 328 g/mol. The molecule has 2 aliphatic heterocycles. The summed E-state index contributed by atoms with van der Waals surface area (Å²) in [7, 11) is -3.52. The zero-order valence-corrected chi connectivity index (χ0v) is 14.8. The number of likely N-dealkylation sites (tertiary alicyclic amines) is 1. The lowest BCUT2D eigenvalue weighted by Gasteiger charge is -2.45. The molecule has 2 aliphatic rings. The highest BCUT2D eigenvalue weighted by molar-refractivity contribution is 7.89. The molecule has 3 N–H and O–H groups in total. The number of para-hydroxylation sites is 1. The minimum absolute atomic E-state index is 0.00322. The van der Waals surface area contributed by atoms with Crippen LogP contribution in [0.25, 0.3) is 0 Å². The normalized spacial score (nSPS) is 22.0. The number of fused-ring (bicyclic) bond motifs is 1. The lowest BCUT2D eigenvalue weighted by atomic mass is 9.97. The Balaban J connectivity index is 1.67. The van der Waals surface area contributed by atoms with Gasteiger partial charge in [0, 0.05) is 19.1 Å². The van der Waals surface area contributed by atoms with Gasteiger partial charge in [-0.05, 0) is 38.8 Å². The molecule has 2 heterocycles. The van der Waals surface area contributed by atoms with Gasteiger partial charge in [0.25, 0.3) is 0 Å². The van der Waals surface area contributed by atoms with Gasteiger partial charge in [-0.3, -0.25) is 9.69 Å². The second-order valence-corrected chi connectivity index (χ2v) is 8.46. The lowest BCUT2D eigenvalue weighted by Crippen LogP contribution is -2.62. The molecule has 8 heteroatoms. The Morgan fingerprint density at radius 1 is 1.29 bits per heavy atom. The van der Waals surface area contributed by atoms with Crippen LogP contribution in [0.4, 0.5) is 5.69 Å². The van der Waals surface area contributed by atoms with Gasteiger partial charge in [0.1, 0.15) is 10.6 Å². The third kappa shape index (κ3) is 3.55. The number of hydrogen-bond acceptors (Lipinski definition) is 5. The summed E-state index contributed by atoms with van der Waals surface area (Å²) in [6.07, 6.45) is 1.21. The first-order chi connectivity index (χ1) is 11.3. The molecule has 1 aromatic rings. The molecule has 1 spiro atoms. The number of nitrogens with zero attached hydrogens (tertiary/aromatic N) is 1. The average molecular weight is 352 g/mol. The molecule has 0 atom stereocenters. The zero-order chi connectivity index (χ0) is 17.4. The van der Waals surface area contributed by atoms with Gasteiger partial charge >= 0.3 is 0 Å². The van der Waals surface area contributed by atoms with Crippen LogP contribution in [0.3, 0.4) is 0 Å². The van der Waals surface area contributed by atoms with Crippen LogP contribution in [0.15, 0.2) is 29.2 Å².